The fourth-order valence-electron chi connectivity index (χ4n) is 4.50. The Bertz CT molecular complexity index is 1890. The Morgan fingerprint density at radius 3 is 1.62 bits per heavy atom. The Labute approximate surface area is 292 Å². The van der Waals surface area contributed by atoms with E-state index in [1.165, 1.54) is 6.07 Å². The number of hydrogen-bond donors (Lipinski definition) is 0. The van der Waals surface area contributed by atoms with E-state index in [1.54, 1.807) is 66.9 Å². The maximum Gasteiger partial charge on any atom is 0.343 e. The maximum absolute atomic E-state index is 13.2. The molecule has 0 bridgehead atoms. The van der Waals surface area contributed by atoms with Crippen LogP contribution in [0.5, 0.6) is 23.0 Å². The molecule has 254 valence electrons. The molecular formula is C41H39N3O6. The van der Waals surface area contributed by atoms with Crippen LogP contribution in [0, 0.1) is 0 Å². The standard InChI is InChI=1S/C41H39N3O6/c1-3-5-26-47-36-21-12-30(13-22-36)40(45)49-38-25-16-32(29-42-33-17-19-35(20-18-33)44-43-34-10-8-7-9-11-34)39(28-38)50-41(46)31-14-23-37(24-15-31)48-27-6-4-2/h7-25,28-29H,3-6,26-27H2,1-2H3. The molecule has 0 saturated carbocycles. The van der Waals surface area contributed by atoms with Gasteiger partial charge in [-0.05, 0) is 110 Å². The molecule has 0 aromatic heterocycles. The Morgan fingerprint density at radius 2 is 1.06 bits per heavy atom. The lowest BCUT2D eigenvalue weighted by Crippen LogP contribution is -2.11. The van der Waals surface area contributed by atoms with Gasteiger partial charge in [0.15, 0.2) is 0 Å². The normalized spacial score (nSPS) is 11.1. The quantitative estimate of drug-likeness (QED) is 0.0340. The molecular weight excluding hydrogens is 630 g/mol. The van der Waals surface area contributed by atoms with Gasteiger partial charge in [-0.1, -0.05) is 44.9 Å². The summed E-state index contributed by atoms with van der Waals surface area (Å²) in [6, 6.07) is 35.0. The van der Waals surface area contributed by atoms with Crippen molar-refractivity contribution in [1.29, 1.82) is 0 Å². The van der Waals surface area contributed by atoms with E-state index in [0.717, 1.165) is 31.4 Å². The summed E-state index contributed by atoms with van der Waals surface area (Å²) in [7, 11) is 0. The van der Waals surface area contributed by atoms with Gasteiger partial charge in [0.1, 0.15) is 23.0 Å². The van der Waals surface area contributed by atoms with Crippen LogP contribution in [0.2, 0.25) is 0 Å². The van der Waals surface area contributed by atoms with E-state index < -0.39 is 11.9 Å². The number of hydrogen-bond acceptors (Lipinski definition) is 9. The number of carbonyl (C=O) groups is 2. The van der Waals surface area contributed by atoms with Gasteiger partial charge in [-0.25, -0.2) is 9.59 Å². The molecule has 5 rings (SSSR count). The second-order valence-corrected chi connectivity index (χ2v) is 11.2. The number of carbonyl (C=O) groups excluding carboxylic acids is 2. The molecule has 5 aromatic carbocycles. The molecule has 50 heavy (non-hydrogen) atoms. The predicted molar refractivity (Wildman–Crippen MR) is 194 cm³/mol. The van der Waals surface area contributed by atoms with Gasteiger partial charge in [0.2, 0.25) is 0 Å². The van der Waals surface area contributed by atoms with Crippen molar-refractivity contribution in [2.24, 2.45) is 15.2 Å². The van der Waals surface area contributed by atoms with E-state index >= 15 is 0 Å². The lowest BCUT2D eigenvalue weighted by molar-refractivity contribution is 0.0732. The zero-order valence-corrected chi connectivity index (χ0v) is 28.2. The number of unbranched alkanes of at least 4 members (excludes halogenated alkanes) is 2. The van der Waals surface area contributed by atoms with Crippen LogP contribution in [0.1, 0.15) is 65.8 Å². The first-order valence-electron chi connectivity index (χ1n) is 16.7. The number of benzene rings is 5. The third-order valence-corrected chi connectivity index (χ3v) is 7.35. The number of rotatable bonds is 16. The molecule has 0 aliphatic heterocycles. The number of esters is 2. The first-order chi connectivity index (χ1) is 24.5. The fraction of sp³-hybridized carbons (Fsp3) is 0.195. The number of nitrogens with zero attached hydrogens (tertiary/aromatic N) is 3. The van der Waals surface area contributed by atoms with Crippen LogP contribution < -0.4 is 18.9 Å². The summed E-state index contributed by atoms with van der Waals surface area (Å²) in [5.41, 5.74) is 3.27. The molecule has 0 aliphatic rings. The Hall–Kier alpha value is -6.09. The van der Waals surface area contributed by atoms with Crippen LogP contribution in [0.25, 0.3) is 0 Å². The molecule has 5 aromatic rings. The second kappa shape index (κ2) is 18.5. The minimum Gasteiger partial charge on any atom is -0.494 e. The van der Waals surface area contributed by atoms with E-state index in [0.29, 0.717) is 52.8 Å². The zero-order chi connectivity index (χ0) is 35.0. The molecule has 0 aliphatic carbocycles. The Morgan fingerprint density at radius 1 is 0.560 bits per heavy atom. The summed E-state index contributed by atoms with van der Waals surface area (Å²) < 4.78 is 22.9. The van der Waals surface area contributed by atoms with Gasteiger partial charge in [0.25, 0.3) is 0 Å². The second-order valence-electron chi connectivity index (χ2n) is 11.2. The van der Waals surface area contributed by atoms with Crippen molar-refractivity contribution in [3.8, 4) is 23.0 Å². The van der Waals surface area contributed by atoms with Gasteiger partial charge in [0, 0.05) is 17.8 Å². The first kappa shape index (κ1) is 35.2. The maximum atomic E-state index is 13.2. The number of ether oxygens (including phenoxy) is 4. The van der Waals surface area contributed by atoms with E-state index in [-0.39, 0.29) is 11.5 Å². The Balaban J connectivity index is 1.32. The highest BCUT2D eigenvalue weighted by atomic mass is 16.5. The summed E-state index contributed by atoms with van der Waals surface area (Å²) >= 11 is 0. The minimum atomic E-state index is -0.588. The SMILES string of the molecule is CCCCOc1ccc(C(=O)Oc2ccc(C=Nc3ccc(N=Nc4ccccc4)cc3)c(OC(=O)c3ccc(OCCCC)cc3)c2)cc1. The van der Waals surface area contributed by atoms with Gasteiger partial charge in [0.05, 0.1) is 41.4 Å². The van der Waals surface area contributed by atoms with Gasteiger partial charge in [-0.3, -0.25) is 4.99 Å². The van der Waals surface area contributed by atoms with Crippen molar-refractivity contribution in [1.82, 2.24) is 0 Å². The van der Waals surface area contributed by atoms with Crippen LogP contribution in [-0.4, -0.2) is 31.4 Å². The molecule has 0 atom stereocenters. The van der Waals surface area contributed by atoms with Crippen LogP contribution in [0.4, 0.5) is 17.1 Å². The summed E-state index contributed by atoms with van der Waals surface area (Å²) in [5.74, 6) is 0.567. The van der Waals surface area contributed by atoms with Gasteiger partial charge in [-0.15, -0.1) is 0 Å². The van der Waals surface area contributed by atoms with Crippen molar-refractivity contribution in [2.75, 3.05) is 13.2 Å². The molecule has 0 amide bonds. The van der Waals surface area contributed by atoms with Gasteiger partial charge < -0.3 is 18.9 Å². The Kier molecular flexibility index (Phi) is 13.0. The van der Waals surface area contributed by atoms with Crippen molar-refractivity contribution < 1.29 is 28.5 Å². The third kappa shape index (κ3) is 10.7. The smallest absolute Gasteiger partial charge is 0.343 e. The predicted octanol–water partition coefficient (Wildman–Crippen LogP) is 10.6. The van der Waals surface area contributed by atoms with E-state index in [2.05, 4.69) is 29.1 Å². The third-order valence-electron chi connectivity index (χ3n) is 7.35. The summed E-state index contributed by atoms with van der Waals surface area (Å²) in [6.07, 6.45) is 5.53. The van der Waals surface area contributed by atoms with E-state index in [4.69, 9.17) is 18.9 Å². The number of aliphatic imine (C=N–C) groups is 1. The average Bonchev–Trinajstić information content (AvgIpc) is 3.15. The monoisotopic (exact) mass is 669 g/mol. The summed E-state index contributed by atoms with van der Waals surface area (Å²) in [4.78, 5) is 30.8. The lowest BCUT2D eigenvalue weighted by atomic mass is 10.2. The lowest BCUT2D eigenvalue weighted by Gasteiger charge is -2.11. The highest BCUT2D eigenvalue weighted by Crippen LogP contribution is 2.28. The molecule has 9 nitrogen and oxygen atoms in total. The molecule has 0 fully saturated rings. The van der Waals surface area contributed by atoms with Crippen molar-refractivity contribution >= 4 is 35.2 Å². The molecule has 0 heterocycles. The van der Waals surface area contributed by atoms with Crippen molar-refractivity contribution in [3.05, 3.63) is 138 Å². The summed E-state index contributed by atoms with van der Waals surface area (Å²) in [6.45, 7) is 5.40. The minimum absolute atomic E-state index is 0.167. The topological polar surface area (TPSA) is 108 Å². The molecule has 0 N–H and O–H groups in total. The van der Waals surface area contributed by atoms with Gasteiger partial charge in [-0.2, -0.15) is 10.2 Å². The van der Waals surface area contributed by atoms with Gasteiger partial charge >= 0.3 is 11.9 Å². The highest BCUT2D eigenvalue weighted by Gasteiger charge is 2.15. The van der Waals surface area contributed by atoms with E-state index in [9.17, 15) is 9.59 Å². The molecule has 0 saturated heterocycles. The first-order valence-corrected chi connectivity index (χ1v) is 16.7. The largest absolute Gasteiger partial charge is 0.494 e. The van der Waals surface area contributed by atoms with Crippen molar-refractivity contribution in [3.63, 3.8) is 0 Å². The molecule has 0 unspecified atom stereocenters. The van der Waals surface area contributed by atoms with Crippen LogP contribution in [0.15, 0.2) is 137 Å². The fourth-order valence-corrected chi connectivity index (χ4v) is 4.50. The summed E-state index contributed by atoms with van der Waals surface area (Å²) in [5, 5.41) is 8.51. The van der Waals surface area contributed by atoms with Crippen LogP contribution >= 0.6 is 0 Å². The average molecular weight is 670 g/mol. The number of azo groups is 1. The highest BCUT2D eigenvalue weighted by molar-refractivity contribution is 5.94. The van der Waals surface area contributed by atoms with Crippen molar-refractivity contribution in [2.45, 2.75) is 39.5 Å². The molecule has 9 heteroatoms. The van der Waals surface area contributed by atoms with Crippen LogP contribution in [0.3, 0.4) is 0 Å². The van der Waals surface area contributed by atoms with E-state index in [1.807, 2.05) is 54.6 Å². The molecule has 0 spiro atoms. The molecule has 0 radical (unpaired) electrons. The van der Waals surface area contributed by atoms with Crippen LogP contribution in [-0.2, 0) is 0 Å². The zero-order valence-electron chi connectivity index (χ0n) is 28.2.